The van der Waals surface area contributed by atoms with Crippen molar-refractivity contribution in [2.75, 3.05) is 46.5 Å². The van der Waals surface area contributed by atoms with E-state index in [1.807, 2.05) is 0 Å². The van der Waals surface area contributed by atoms with E-state index in [2.05, 4.69) is 4.90 Å². The van der Waals surface area contributed by atoms with Crippen LogP contribution in [0.4, 0.5) is 5.69 Å². The number of carbonyl (C=O) groups is 2. The molecule has 1 atom stereocenters. The molecule has 184 valence electrons. The van der Waals surface area contributed by atoms with Gasteiger partial charge in [-0.1, -0.05) is 0 Å². The predicted octanol–water partition coefficient (Wildman–Crippen LogP) is 2.06. The molecule has 2 aromatic rings. The van der Waals surface area contributed by atoms with E-state index in [0.717, 1.165) is 0 Å². The number of rotatable bonds is 7. The van der Waals surface area contributed by atoms with Crippen LogP contribution in [0.15, 0.2) is 48.0 Å². The molecule has 2 aromatic carbocycles. The van der Waals surface area contributed by atoms with Crippen LogP contribution in [0, 0.1) is 10.1 Å². The number of non-ortho nitro benzene ring substituents is 1. The first-order valence-corrected chi connectivity index (χ1v) is 11.0. The maximum Gasteiger partial charge on any atom is 0.295 e. The quantitative estimate of drug-likeness (QED) is 0.199. The summed E-state index contributed by atoms with van der Waals surface area (Å²) in [5.41, 5.74) is 0.0355. The number of Topliss-reactive ketones (excluding diaryl/α,β-unsaturated/α-hetero) is 1. The fourth-order valence-corrected chi connectivity index (χ4v) is 4.29. The van der Waals surface area contributed by atoms with Gasteiger partial charge in [-0.2, -0.15) is 0 Å². The minimum absolute atomic E-state index is 0.0381. The molecule has 4 rings (SSSR count). The Morgan fingerprint density at radius 3 is 2.43 bits per heavy atom. The Bertz CT molecular complexity index is 1170. The second-order valence-electron chi connectivity index (χ2n) is 8.18. The number of hydrogen-bond acceptors (Lipinski definition) is 9. The number of phenolic OH excluding ortho intramolecular Hbond substituents is 1. The average molecular weight is 483 g/mol. The highest BCUT2D eigenvalue weighted by Crippen LogP contribution is 2.41. The highest BCUT2D eigenvalue weighted by atomic mass is 16.6. The SMILES string of the molecule is COc1ccc(C(O)=C2C(=O)C(=O)N(CCN3CCOCC3)[C@H]2c2ccc([N+](=O)[O-])cc2)c(O)c1. The third-order valence-electron chi connectivity index (χ3n) is 6.18. The van der Waals surface area contributed by atoms with Gasteiger partial charge in [-0.3, -0.25) is 24.6 Å². The van der Waals surface area contributed by atoms with Crippen LogP contribution >= 0.6 is 0 Å². The number of nitrogens with zero attached hydrogens (tertiary/aromatic N) is 3. The number of likely N-dealkylation sites (tertiary alicyclic amines) is 1. The van der Waals surface area contributed by atoms with Crippen LogP contribution in [-0.4, -0.2) is 83.1 Å². The molecule has 0 spiro atoms. The van der Waals surface area contributed by atoms with E-state index in [1.54, 1.807) is 0 Å². The molecule has 0 aliphatic carbocycles. The Balaban J connectivity index is 1.77. The molecule has 2 aliphatic heterocycles. The summed E-state index contributed by atoms with van der Waals surface area (Å²) in [7, 11) is 1.42. The van der Waals surface area contributed by atoms with Gasteiger partial charge in [0.15, 0.2) is 0 Å². The van der Waals surface area contributed by atoms with Crippen molar-refractivity contribution in [1.82, 2.24) is 9.80 Å². The minimum Gasteiger partial charge on any atom is -0.507 e. The van der Waals surface area contributed by atoms with Crippen molar-refractivity contribution in [2.24, 2.45) is 0 Å². The second kappa shape index (κ2) is 10.1. The number of benzene rings is 2. The average Bonchev–Trinajstić information content (AvgIpc) is 3.12. The van der Waals surface area contributed by atoms with Crippen molar-refractivity contribution in [3.8, 4) is 11.5 Å². The largest absolute Gasteiger partial charge is 0.507 e. The van der Waals surface area contributed by atoms with Crippen LogP contribution in [-0.2, 0) is 14.3 Å². The van der Waals surface area contributed by atoms with Gasteiger partial charge in [-0.25, -0.2) is 0 Å². The summed E-state index contributed by atoms with van der Waals surface area (Å²) in [6.45, 7) is 3.19. The highest BCUT2D eigenvalue weighted by molar-refractivity contribution is 6.46. The molecular formula is C24H25N3O8. The van der Waals surface area contributed by atoms with Crippen LogP contribution in [0.2, 0.25) is 0 Å². The zero-order valence-electron chi connectivity index (χ0n) is 19.0. The number of hydrogen-bond donors (Lipinski definition) is 2. The molecule has 1 amide bonds. The number of morpholine rings is 1. The van der Waals surface area contributed by atoms with E-state index in [4.69, 9.17) is 9.47 Å². The molecule has 2 heterocycles. The summed E-state index contributed by atoms with van der Waals surface area (Å²) in [6.07, 6.45) is 0. The molecule has 0 aromatic heterocycles. The molecular weight excluding hydrogens is 458 g/mol. The Hall–Kier alpha value is -3.96. The third kappa shape index (κ3) is 4.81. The second-order valence-corrected chi connectivity index (χ2v) is 8.18. The smallest absolute Gasteiger partial charge is 0.295 e. The maximum absolute atomic E-state index is 13.1. The molecule has 0 bridgehead atoms. The fraction of sp³-hybridized carbons (Fsp3) is 0.333. The zero-order chi connectivity index (χ0) is 25.1. The van der Waals surface area contributed by atoms with Crippen molar-refractivity contribution in [2.45, 2.75) is 6.04 Å². The van der Waals surface area contributed by atoms with Crippen LogP contribution in [0.5, 0.6) is 11.5 Å². The lowest BCUT2D eigenvalue weighted by Crippen LogP contribution is -2.42. The molecule has 0 radical (unpaired) electrons. The summed E-state index contributed by atoms with van der Waals surface area (Å²) in [5.74, 6) is -2.22. The number of aromatic hydroxyl groups is 1. The number of carbonyl (C=O) groups excluding carboxylic acids is 2. The van der Waals surface area contributed by atoms with Gasteiger partial charge in [0.2, 0.25) is 0 Å². The van der Waals surface area contributed by atoms with Gasteiger partial charge >= 0.3 is 0 Å². The number of methoxy groups -OCH3 is 1. The molecule has 0 unspecified atom stereocenters. The van der Waals surface area contributed by atoms with Gasteiger partial charge in [-0.05, 0) is 29.8 Å². The van der Waals surface area contributed by atoms with Crippen molar-refractivity contribution >= 4 is 23.1 Å². The van der Waals surface area contributed by atoms with E-state index >= 15 is 0 Å². The fourth-order valence-electron chi connectivity index (χ4n) is 4.29. The van der Waals surface area contributed by atoms with Crippen molar-refractivity contribution in [3.63, 3.8) is 0 Å². The normalized spacial score (nSPS) is 20.3. The van der Waals surface area contributed by atoms with Gasteiger partial charge in [0.25, 0.3) is 17.4 Å². The van der Waals surface area contributed by atoms with Crippen LogP contribution in [0.3, 0.4) is 0 Å². The molecule has 2 saturated heterocycles. The van der Waals surface area contributed by atoms with Crippen LogP contribution in [0.1, 0.15) is 17.2 Å². The number of phenols is 1. The van der Waals surface area contributed by atoms with Gasteiger partial charge in [-0.15, -0.1) is 0 Å². The van der Waals surface area contributed by atoms with E-state index < -0.39 is 28.4 Å². The standard InChI is InChI=1S/C24H25N3O8/c1-34-17-6-7-18(19(28)14-17)22(29)20-21(15-2-4-16(5-3-15)27(32)33)26(24(31)23(20)30)9-8-25-10-12-35-13-11-25/h2-7,14,21,28-29H,8-13H2,1H3/t21-/m0/s1. The van der Waals surface area contributed by atoms with Gasteiger partial charge in [0.1, 0.15) is 17.3 Å². The Morgan fingerprint density at radius 1 is 1.14 bits per heavy atom. The number of amides is 1. The van der Waals surface area contributed by atoms with E-state index in [0.29, 0.717) is 44.2 Å². The lowest BCUT2D eigenvalue weighted by molar-refractivity contribution is -0.384. The number of ketones is 1. The lowest BCUT2D eigenvalue weighted by atomic mass is 9.94. The van der Waals surface area contributed by atoms with Gasteiger partial charge in [0.05, 0.1) is 42.4 Å². The first kappa shape index (κ1) is 24.2. The Labute approximate surface area is 200 Å². The predicted molar refractivity (Wildman–Crippen MR) is 124 cm³/mol. The lowest BCUT2D eigenvalue weighted by Gasteiger charge is -2.31. The van der Waals surface area contributed by atoms with Gasteiger partial charge < -0.3 is 24.6 Å². The van der Waals surface area contributed by atoms with Crippen LogP contribution < -0.4 is 4.74 Å². The molecule has 11 heteroatoms. The Kier molecular flexibility index (Phi) is 6.99. The summed E-state index contributed by atoms with van der Waals surface area (Å²) in [4.78, 5) is 40.2. The number of nitro benzene ring substituents is 1. The summed E-state index contributed by atoms with van der Waals surface area (Å²) in [5, 5.41) is 32.6. The van der Waals surface area contributed by atoms with Crippen molar-refractivity contribution in [1.29, 1.82) is 0 Å². The molecule has 2 aliphatic rings. The first-order chi connectivity index (χ1) is 16.8. The number of ether oxygens (including phenoxy) is 2. The Morgan fingerprint density at radius 2 is 1.83 bits per heavy atom. The van der Waals surface area contributed by atoms with E-state index in [1.165, 1.54) is 54.5 Å². The molecule has 11 nitrogen and oxygen atoms in total. The highest BCUT2D eigenvalue weighted by Gasteiger charge is 2.46. The molecule has 2 fully saturated rings. The van der Waals surface area contributed by atoms with Gasteiger partial charge in [0, 0.05) is 44.4 Å². The maximum atomic E-state index is 13.1. The summed E-state index contributed by atoms with van der Waals surface area (Å²) < 4.78 is 10.4. The third-order valence-corrected chi connectivity index (χ3v) is 6.18. The van der Waals surface area contributed by atoms with Crippen molar-refractivity contribution in [3.05, 3.63) is 69.3 Å². The van der Waals surface area contributed by atoms with Crippen LogP contribution in [0.25, 0.3) is 5.76 Å². The minimum atomic E-state index is -0.988. The zero-order valence-corrected chi connectivity index (χ0v) is 19.0. The monoisotopic (exact) mass is 483 g/mol. The number of nitro groups is 1. The summed E-state index contributed by atoms with van der Waals surface area (Å²) >= 11 is 0. The van der Waals surface area contributed by atoms with E-state index in [-0.39, 0.29) is 29.1 Å². The number of aliphatic hydroxyl groups is 1. The molecule has 2 N–H and O–H groups in total. The molecule has 0 saturated carbocycles. The summed E-state index contributed by atoms with van der Waals surface area (Å²) in [6, 6.07) is 8.66. The first-order valence-electron chi connectivity index (χ1n) is 11.0. The van der Waals surface area contributed by atoms with Crippen molar-refractivity contribution < 1.29 is 34.2 Å². The molecule has 35 heavy (non-hydrogen) atoms. The van der Waals surface area contributed by atoms with E-state index in [9.17, 15) is 29.9 Å². The topological polar surface area (TPSA) is 143 Å². The number of aliphatic hydroxyl groups excluding tert-OH is 1.